The molecule has 0 saturated heterocycles. The van der Waals surface area contributed by atoms with Crippen LogP contribution in [0.1, 0.15) is 0 Å². The first kappa shape index (κ1) is 9.07. The third-order valence-electron chi connectivity index (χ3n) is 0. The third kappa shape index (κ3) is 126. The van der Waals surface area contributed by atoms with Crippen LogP contribution in [0.2, 0.25) is 0 Å². The average Bonchev–Trinajstić information content (AvgIpc) is 0.811. The van der Waals surface area contributed by atoms with Crippen LogP contribution < -0.4 is 15.1 Å². The zero-order valence-electron chi connectivity index (χ0n) is 2.16. The van der Waals surface area contributed by atoms with Crippen LogP contribution in [0.3, 0.4) is 0 Å². The molecule has 0 saturated carbocycles. The van der Waals surface area contributed by atoms with Crippen molar-refractivity contribution < 1.29 is 32.1 Å². The van der Waals surface area contributed by atoms with Gasteiger partial charge in [-0.05, 0) is 0 Å². The standard InChI is InChI=1S/BO3.Fe/c2-1(3)4;/q-3;+3. The van der Waals surface area contributed by atoms with Gasteiger partial charge in [-0.25, -0.2) is 0 Å². The van der Waals surface area contributed by atoms with E-state index in [0.29, 0.717) is 0 Å². The molecule has 5 heavy (non-hydrogen) atoms. The maximum absolute atomic E-state index is 8.42. The Labute approximate surface area is 40.3 Å². The summed E-state index contributed by atoms with van der Waals surface area (Å²) in [6.45, 7) is 0. The van der Waals surface area contributed by atoms with Gasteiger partial charge in [0.2, 0.25) is 0 Å². The Hall–Kier alpha value is 0.464. The van der Waals surface area contributed by atoms with Gasteiger partial charge in [-0.2, -0.15) is 0 Å². The minimum Gasteiger partial charge on any atom is -0.907 e. The molecule has 0 aliphatic heterocycles. The zero-order chi connectivity index (χ0) is 3.58. The van der Waals surface area contributed by atoms with Crippen molar-refractivity contribution in [1.29, 1.82) is 0 Å². The van der Waals surface area contributed by atoms with E-state index in [-0.39, 0.29) is 17.1 Å². The van der Waals surface area contributed by atoms with Gasteiger partial charge in [0.15, 0.2) is 0 Å². The molecule has 0 fully saturated rings. The normalized spacial score (nSPS) is 5.40. The Kier molecular flexibility index (Phi) is 8.10. The Morgan fingerprint density at radius 1 is 1.00 bits per heavy atom. The van der Waals surface area contributed by atoms with Crippen LogP contribution in [0.25, 0.3) is 0 Å². The summed E-state index contributed by atoms with van der Waals surface area (Å²) in [5, 5.41) is 25.2. The molecule has 0 aliphatic carbocycles. The van der Waals surface area contributed by atoms with Crippen molar-refractivity contribution in [3.8, 4) is 0 Å². The summed E-state index contributed by atoms with van der Waals surface area (Å²) in [6, 6.07) is 0. The first-order chi connectivity index (χ1) is 1.73. The number of hydrogen-bond acceptors (Lipinski definition) is 3. The van der Waals surface area contributed by atoms with E-state index < -0.39 is 7.32 Å². The summed E-state index contributed by atoms with van der Waals surface area (Å²) in [4.78, 5) is 0. The fraction of sp³-hybridized carbons (Fsp3) is 0. The second-order valence-corrected chi connectivity index (χ2v) is 0.289. The van der Waals surface area contributed by atoms with Crippen LogP contribution in [0.15, 0.2) is 0 Å². The number of hydrogen-bond donors (Lipinski definition) is 0. The van der Waals surface area contributed by atoms with E-state index in [1.54, 1.807) is 0 Å². The van der Waals surface area contributed by atoms with Gasteiger partial charge in [-0.1, -0.05) is 0 Å². The Morgan fingerprint density at radius 2 is 1.00 bits per heavy atom. The molecule has 0 aromatic heterocycles. The van der Waals surface area contributed by atoms with Crippen molar-refractivity contribution in [2.45, 2.75) is 0 Å². The molecule has 0 bridgehead atoms. The largest absolute Gasteiger partial charge is 3.00 e. The van der Waals surface area contributed by atoms with E-state index in [9.17, 15) is 0 Å². The second-order valence-electron chi connectivity index (χ2n) is 0.289. The summed E-state index contributed by atoms with van der Waals surface area (Å²) in [5.74, 6) is 0. The molecule has 0 spiro atoms. The molecule has 1 radical (unpaired) electrons. The van der Waals surface area contributed by atoms with Gasteiger partial charge in [0.1, 0.15) is 0 Å². The fourth-order valence-electron chi connectivity index (χ4n) is 0. The van der Waals surface area contributed by atoms with E-state index in [2.05, 4.69) is 0 Å². The maximum Gasteiger partial charge on any atom is 3.00 e. The van der Waals surface area contributed by atoms with Crippen molar-refractivity contribution >= 4 is 7.32 Å². The van der Waals surface area contributed by atoms with Crippen molar-refractivity contribution in [1.82, 2.24) is 0 Å². The smallest absolute Gasteiger partial charge is 0.907 e. The average molecular weight is 115 g/mol. The summed E-state index contributed by atoms with van der Waals surface area (Å²) >= 11 is 0. The van der Waals surface area contributed by atoms with E-state index >= 15 is 0 Å². The quantitative estimate of drug-likeness (QED) is 0.302. The zero-order valence-corrected chi connectivity index (χ0v) is 3.26. The Morgan fingerprint density at radius 3 is 1.00 bits per heavy atom. The predicted molar refractivity (Wildman–Crippen MR) is 5.75 cm³/mol. The molecule has 5 heteroatoms. The number of rotatable bonds is 0. The predicted octanol–water partition coefficient (Wildman–Crippen LogP) is -3.95. The minimum absolute atomic E-state index is 0. The van der Waals surface area contributed by atoms with Crippen LogP contribution in [-0.4, -0.2) is 7.32 Å². The monoisotopic (exact) mass is 115 g/mol. The van der Waals surface area contributed by atoms with Gasteiger partial charge in [0.25, 0.3) is 0 Å². The molecule has 0 aromatic carbocycles. The van der Waals surface area contributed by atoms with Gasteiger partial charge in [0, 0.05) is 0 Å². The third-order valence-corrected chi connectivity index (χ3v) is 0. The van der Waals surface area contributed by atoms with Gasteiger partial charge in [-0.15, -0.1) is 0 Å². The van der Waals surface area contributed by atoms with Gasteiger partial charge in [0.05, 0.1) is 0 Å². The van der Waals surface area contributed by atoms with Crippen LogP contribution >= 0.6 is 0 Å². The van der Waals surface area contributed by atoms with Gasteiger partial charge >= 0.3 is 17.1 Å². The van der Waals surface area contributed by atoms with Gasteiger partial charge < -0.3 is 15.1 Å². The minimum atomic E-state index is -2.92. The molecule has 0 N–H and O–H groups in total. The van der Waals surface area contributed by atoms with Crippen LogP contribution in [-0.2, 0) is 17.1 Å². The molecule has 29 valence electrons. The van der Waals surface area contributed by atoms with Crippen molar-refractivity contribution in [3.63, 3.8) is 0 Å². The molecule has 0 unspecified atom stereocenters. The van der Waals surface area contributed by atoms with Crippen molar-refractivity contribution in [2.75, 3.05) is 0 Å². The molecule has 0 heterocycles. The van der Waals surface area contributed by atoms with E-state index in [0.717, 1.165) is 0 Å². The van der Waals surface area contributed by atoms with E-state index in [4.69, 9.17) is 15.1 Å². The van der Waals surface area contributed by atoms with Crippen molar-refractivity contribution in [2.24, 2.45) is 0 Å². The Bertz CT molecular complexity index is 11.6. The topological polar surface area (TPSA) is 69.2 Å². The molecule has 0 aliphatic rings. The van der Waals surface area contributed by atoms with Crippen LogP contribution in [0.5, 0.6) is 0 Å². The first-order valence-corrected chi connectivity index (χ1v) is 0.707. The molecule has 0 atom stereocenters. The van der Waals surface area contributed by atoms with E-state index in [1.807, 2.05) is 0 Å². The summed E-state index contributed by atoms with van der Waals surface area (Å²) < 4.78 is 0. The summed E-state index contributed by atoms with van der Waals surface area (Å²) in [6.07, 6.45) is 0. The molecule has 0 aromatic rings. The van der Waals surface area contributed by atoms with Crippen LogP contribution in [0, 0.1) is 0 Å². The summed E-state index contributed by atoms with van der Waals surface area (Å²) in [7, 11) is -2.92. The SMILES string of the molecule is [Fe+3].[O-]B([O-])[O-]. The van der Waals surface area contributed by atoms with Gasteiger partial charge in [-0.3, -0.25) is 7.32 Å². The maximum atomic E-state index is 8.42. The first-order valence-electron chi connectivity index (χ1n) is 0.707. The Balaban J connectivity index is 0. The van der Waals surface area contributed by atoms with E-state index in [1.165, 1.54) is 0 Å². The molecule has 3 nitrogen and oxygen atoms in total. The molecule has 0 amide bonds. The van der Waals surface area contributed by atoms with Crippen LogP contribution in [0.4, 0.5) is 0 Å². The van der Waals surface area contributed by atoms with Crippen molar-refractivity contribution in [3.05, 3.63) is 0 Å². The molecular weight excluding hydrogens is 115 g/mol. The summed E-state index contributed by atoms with van der Waals surface area (Å²) in [5.41, 5.74) is 0. The second kappa shape index (κ2) is 4.46. The molecular formula is BFeO3. The molecule has 0 rings (SSSR count). The fourth-order valence-corrected chi connectivity index (χ4v) is 0.